The molecular weight excluding hydrogens is 323 g/mol. The van der Waals surface area contributed by atoms with Gasteiger partial charge in [-0.2, -0.15) is 0 Å². The van der Waals surface area contributed by atoms with E-state index < -0.39 is 0 Å². The first kappa shape index (κ1) is 15.0. The van der Waals surface area contributed by atoms with Crippen LogP contribution in [0.5, 0.6) is 11.5 Å². The summed E-state index contributed by atoms with van der Waals surface area (Å²) in [4.78, 5) is 4.64. The molecule has 0 aliphatic carbocycles. The predicted octanol–water partition coefficient (Wildman–Crippen LogP) is 4.56. The van der Waals surface area contributed by atoms with Gasteiger partial charge in [-0.05, 0) is 30.3 Å². The van der Waals surface area contributed by atoms with Crippen LogP contribution in [0, 0.1) is 0 Å². The van der Waals surface area contributed by atoms with Crippen molar-refractivity contribution in [2.45, 2.75) is 0 Å². The van der Waals surface area contributed by atoms with Crippen LogP contribution in [0.4, 0.5) is 0 Å². The van der Waals surface area contributed by atoms with Gasteiger partial charge in [-0.3, -0.25) is 0 Å². The lowest BCUT2D eigenvalue weighted by atomic mass is 10.2. The van der Waals surface area contributed by atoms with Gasteiger partial charge in [0.2, 0.25) is 0 Å². The zero-order valence-corrected chi connectivity index (χ0v) is 13.9. The molecule has 3 rings (SSSR count). The highest BCUT2D eigenvalue weighted by Crippen LogP contribution is 2.39. The first-order valence-electron chi connectivity index (χ1n) is 6.59. The van der Waals surface area contributed by atoms with Gasteiger partial charge in [0.05, 0.1) is 30.3 Å². The summed E-state index contributed by atoms with van der Waals surface area (Å²) in [6.07, 6.45) is 0. The summed E-state index contributed by atoms with van der Waals surface area (Å²) in [6, 6.07) is 9.29. The number of fused-ring (bicyclic) bond motifs is 1. The largest absolute Gasteiger partial charge is 0.493 e. The van der Waals surface area contributed by atoms with Crippen LogP contribution in [0.3, 0.4) is 0 Å². The van der Waals surface area contributed by atoms with Crippen molar-refractivity contribution >= 4 is 34.2 Å². The molecule has 0 radical (unpaired) electrons. The van der Waals surface area contributed by atoms with Gasteiger partial charge in [-0.15, -0.1) is 0 Å². The lowest BCUT2D eigenvalue weighted by Gasteiger charge is -2.11. The van der Waals surface area contributed by atoms with E-state index in [-0.39, 0.29) is 0 Å². The fourth-order valence-electron chi connectivity index (χ4n) is 2.48. The predicted molar refractivity (Wildman–Crippen MR) is 89.3 cm³/mol. The van der Waals surface area contributed by atoms with Crippen LogP contribution in [0.1, 0.15) is 0 Å². The molecule has 22 heavy (non-hydrogen) atoms. The number of hydrogen-bond donors (Lipinski definition) is 0. The average molecular weight is 337 g/mol. The third-order valence-corrected chi connectivity index (χ3v) is 4.05. The van der Waals surface area contributed by atoms with E-state index >= 15 is 0 Å². The third kappa shape index (κ3) is 2.38. The maximum atomic E-state index is 6.28. The van der Waals surface area contributed by atoms with Crippen LogP contribution in [-0.2, 0) is 7.05 Å². The van der Waals surface area contributed by atoms with Crippen molar-refractivity contribution in [2.24, 2.45) is 7.05 Å². The molecule has 3 aromatic rings. The van der Waals surface area contributed by atoms with Crippen molar-refractivity contribution in [2.75, 3.05) is 14.2 Å². The van der Waals surface area contributed by atoms with Gasteiger partial charge in [-0.25, -0.2) is 4.98 Å². The summed E-state index contributed by atoms with van der Waals surface area (Å²) in [5.41, 5.74) is 2.67. The number of imidazole rings is 1. The quantitative estimate of drug-likeness (QED) is 0.703. The van der Waals surface area contributed by atoms with Gasteiger partial charge < -0.3 is 14.0 Å². The summed E-state index contributed by atoms with van der Waals surface area (Å²) in [5, 5.41) is 1.13. The second kappa shape index (κ2) is 5.71. The van der Waals surface area contributed by atoms with E-state index in [2.05, 4.69) is 4.98 Å². The van der Waals surface area contributed by atoms with Crippen LogP contribution in [0.15, 0.2) is 30.3 Å². The molecule has 0 aliphatic rings. The van der Waals surface area contributed by atoms with Gasteiger partial charge >= 0.3 is 0 Å². The Morgan fingerprint density at radius 2 is 1.82 bits per heavy atom. The first-order chi connectivity index (χ1) is 10.5. The number of rotatable bonds is 3. The maximum Gasteiger partial charge on any atom is 0.179 e. The summed E-state index contributed by atoms with van der Waals surface area (Å²) in [6.45, 7) is 0. The van der Waals surface area contributed by atoms with E-state index in [4.69, 9.17) is 32.7 Å². The fraction of sp³-hybridized carbons (Fsp3) is 0.188. The van der Waals surface area contributed by atoms with Gasteiger partial charge in [0.1, 0.15) is 5.82 Å². The topological polar surface area (TPSA) is 36.3 Å². The SMILES string of the molecule is COc1cc(-c2nc3cc(Cl)ccc3n2C)cc(Cl)c1OC. The van der Waals surface area contributed by atoms with Crippen LogP contribution in [0.2, 0.25) is 10.0 Å². The minimum Gasteiger partial charge on any atom is -0.493 e. The molecule has 0 spiro atoms. The average Bonchev–Trinajstić information content (AvgIpc) is 2.82. The van der Waals surface area contributed by atoms with Crippen molar-refractivity contribution in [1.29, 1.82) is 0 Å². The molecule has 0 saturated heterocycles. The van der Waals surface area contributed by atoms with Gasteiger partial charge in [0.25, 0.3) is 0 Å². The fourth-order valence-corrected chi connectivity index (χ4v) is 2.93. The van der Waals surface area contributed by atoms with E-state index in [9.17, 15) is 0 Å². The number of aryl methyl sites for hydroxylation is 1. The van der Waals surface area contributed by atoms with E-state index in [1.54, 1.807) is 14.2 Å². The van der Waals surface area contributed by atoms with E-state index in [0.717, 1.165) is 22.4 Å². The number of nitrogens with zero attached hydrogens (tertiary/aromatic N) is 2. The molecule has 0 fully saturated rings. The zero-order chi connectivity index (χ0) is 15.9. The molecule has 6 heteroatoms. The third-order valence-electron chi connectivity index (χ3n) is 3.53. The molecule has 114 valence electrons. The Morgan fingerprint density at radius 3 is 2.50 bits per heavy atom. The molecule has 0 atom stereocenters. The molecule has 0 N–H and O–H groups in total. The highest BCUT2D eigenvalue weighted by atomic mass is 35.5. The number of hydrogen-bond acceptors (Lipinski definition) is 3. The molecule has 0 aliphatic heterocycles. The van der Waals surface area contributed by atoms with Crippen LogP contribution in [-0.4, -0.2) is 23.8 Å². The van der Waals surface area contributed by atoms with Crippen molar-refractivity contribution in [3.05, 3.63) is 40.4 Å². The monoisotopic (exact) mass is 336 g/mol. The molecule has 1 heterocycles. The Bertz CT molecular complexity index is 859. The number of aromatic nitrogens is 2. The standard InChI is InChI=1S/C16H14Cl2N2O2/c1-20-13-5-4-10(17)8-12(13)19-16(20)9-6-11(18)15(22-3)14(7-9)21-2/h4-8H,1-3H3. The van der Waals surface area contributed by atoms with Crippen LogP contribution < -0.4 is 9.47 Å². The minimum atomic E-state index is 0.474. The molecule has 4 nitrogen and oxygen atoms in total. The minimum absolute atomic E-state index is 0.474. The smallest absolute Gasteiger partial charge is 0.179 e. The molecule has 0 bridgehead atoms. The normalized spacial score (nSPS) is 11.0. The lowest BCUT2D eigenvalue weighted by molar-refractivity contribution is 0.355. The van der Waals surface area contributed by atoms with Crippen molar-refractivity contribution < 1.29 is 9.47 Å². The summed E-state index contributed by atoms with van der Waals surface area (Å²) in [7, 11) is 5.08. The Hall–Kier alpha value is -1.91. The lowest BCUT2D eigenvalue weighted by Crippen LogP contribution is -1.96. The van der Waals surface area contributed by atoms with Crippen LogP contribution in [0.25, 0.3) is 22.4 Å². The van der Waals surface area contributed by atoms with Crippen LogP contribution >= 0.6 is 23.2 Å². The number of halogens is 2. The number of benzene rings is 2. The molecular formula is C16H14Cl2N2O2. The Balaban J connectivity index is 2.23. The van der Waals surface area contributed by atoms with E-state index in [1.807, 2.05) is 41.9 Å². The summed E-state index contributed by atoms with van der Waals surface area (Å²) < 4.78 is 12.6. The van der Waals surface area contributed by atoms with Gasteiger partial charge in [-0.1, -0.05) is 23.2 Å². The van der Waals surface area contributed by atoms with Crippen molar-refractivity contribution in [1.82, 2.24) is 9.55 Å². The number of methoxy groups -OCH3 is 2. The zero-order valence-electron chi connectivity index (χ0n) is 12.4. The Labute approximate surface area is 138 Å². The Kier molecular flexibility index (Phi) is 3.89. The molecule has 0 amide bonds. The maximum absolute atomic E-state index is 6.28. The second-order valence-electron chi connectivity index (χ2n) is 4.82. The molecule has 0 saturated carbocycles. The van der Waals surface area contributed by atoms with Gasteiger partial charge in [0, 0.05) is 17.6 Å². The van der Waals surface area contributed by atoms with Crippen molar-refractivity contribution in [3.63, 3.8) is 0 Å². The highest BCUT2D eigenvalue weighted by molar-refractivity contribution is 6.32. The molecule has 1 aromatic heterocycles. The molecule has 0 unspecified atom stereocenters. The van der Waals surface area contributed by atoms with E-state index in [1.165, 1.54) is 0 Å². The van der Waals surface area contributed by atoms with Gasteiger partial charge in [0.15, 0.2) is 11.5 Å². The van der Waals surface area contributed by atoms with Crippen molar-refractivity contribution in [3.8, 4) is 22.9 Å². The molecule has 2 aromatic carbocycles. The number of ether oxygens (including phenoxy) is 2. The first-order valence-corrected chi connectivity index (χ1v) is 7.34. The highest BCUT2D eigenvalue weighted by Gasteiger charge is 2.16. The second-order valence-corrected chi connectivity index (χ2v) is 5.66. The summed E-state index contributed by atoms with van der Waals surface area (Å²) >= 11 is 12.3. The Morgan fingerprint density at radius 1 is 1.05 bits per heavy atom. The van der Waals surface area contributed by atoms with E-state index in [0.29, 0.717) is 21.5 Å². The summed E-state index contributed by atoms with van der Waals surface area (Å²) in [5.74, 6) is 1.85.